The molecule has 4 heteroatoms. The average molecular weight is 322 g/mol. The van der Waals surface area contributed by atoms with Crippen molar-refractivity contribution in [1.29, 1.82) is 0 Å². The van der Waals surface area contributed by atoms with Crippen molar-refractivity contribution in [2.24, 2.45) is 11.8 Å². The molecule has 2 saturated carbocycles. The molecule has 0 spiro atoms. The lowest BCUT2D eigenvalue weighted by Crippen LogP contribution is -2.32. The fourth-order valence-corrected chi connectivity index (χ4v) is 3.37. The molecular weight excluding hydrogens is 292 g/mol. The number of hydrogen-bond acceptors (Lipinski definition) is 3. The van der Waals surface area contributed by atoms with E-state index in [0.717, 1.165) is 0 Å². The van der Waals surface area contributed by atoms with Gasteiger partial charge in [0.05, 0.1) is 0 Å². The third kappa shape index (κ3) is 6.59. The second-order valence-corrected chi connectivity index (χ2v) is 6.82. The van der Waals surface area contributed by atoms with Crippen molar-refractivity contribution in [3.05, 3.63) is 24.3 Å². The number of ether oxygens (including phenoxy) is 1. The highest BCUT2D eigenvalue weighted by Crippen LogP contribution is 2.39. The summed E-state index contributed by atoms with van der Waals surface area (Å²) in [6.45, 7) is 10.0. The summed E-state index contributed by atoms with van der Waals surface area (Å²) in [5.74, 6) is 0.103. The van der Waals surface area contributed by atoms with Gasteiger partial charge in [0.25, 0.3) is 0 Å². The number of carbonyl (C=O) groups is 2. The molecule has 2 fully saturated rings. The van der Waals surface area contributed by atoms with Crippen molar-refractivity contribution >= 4 is 11.9 Å². The van der Waals surface area contributed by atoms with Crippen molar-refractivity contribution in [3.63, 3.8) is 0 Å². The Bertz CT molecular complexity index is 412. The molecule has 4 nitrogen and oxygen atoms in total. The molecule has 23 heavy (non-hydrogen) atoms. The fourth-order valence-electron chi connectivity index (χ4n) is 3.37. The molecule has 0 aromatic carbocycles. The highest BCUT2D eigenvalue weighted by atomic mass is 16.5. The molecule has 2 aliphatic carbocycles. The van der Waals surface area contributed by atoms with E-state index in [1.54, 1.807) is 6.92 Å². The lowest BCUT2D eigenvalue weighted by atomic mass is 9.88. The molecular formula is C19H30O4. The number of carboxylic acid groups (broad SMARTS) is 1. The predicted octanol–water partition coefficient (Wildman–Crippen LogP) is 4.50. The molecule has 2 aliphatic rings. The molecule has 0 unspecified atom stereocenters. The minimum Gasteiger partial charge on any atom is -0.478 e. The highest BCUT2D eigenvalue weighted by Gasteiger charge is 2.35. The largest absolute Gasteiger partial charge is 0.478 e. The third-order valence-corrected chi connectivity index (χ3v) is 4.69. The summed E-state index contributed by atoms with van der Waals surface area (Å²) in [7, 11) is 0. The van der Waals surface area contributed by atoms with Gasteiger partial charge in [-0.1, -0.05) is 38.8 Å². The predicted molar refractivity (Wildman–Crippen MR) is 91.1 cm³/mol. The quantitative estimate of drug-likeness (QED) is 0.598. The zero-order valence-corrected chi connectivity index (χ0v) is 14.5. The molecule has 1 N–H and O–H groups in total. The summed E-state index contributed by atoms with van der Waals surface area (Å²) in [4.78, 5) is 21.3. The molecule has 0 amide bonds. The van der Waals surface area contributed by atoms with E-state index in [2.05, 4.69) is 13.2 Å². The van der Waals surface area contributed by atoms with Crippen LogP contribution < -0.4 is 0 Å². The minimum atomic E-state index is -0.935. The maximum atomic E-state index is 11.7. The Morgan fingerprint density at radius 2 is 1.26 bits per heavy atom. The Hall–Kier alpha value is -1.58. The standard InChI is InChI=1S/C15H24O2.C4H6O2/c1-11(2)15(16)17-14(12-7-3-4-8-12)13-9-5-6-10-13;1-3(2)4(5)6/h12-14H,1,3-10H2,2H3;1H2,2H3,(H,5,6). The summed E-state index contributed by atoms with van der Waals surface area (Å²) < 4.78 is 5.74. The summed E-state index contributed by atoms with van der Waals surface area (Å²) in [6, 6.07) is 0. The molecule has 0 radical (unpaired) electrons. The van der Waals surface area contributed by atoms with Crippen molar-refractivity contribution in [2.45, 2.75) is 71.3 Å². The number of rotatable bonds is 5. The lowest BCUT2D eigenvalue weighted by molar-refractivity contribution is -0.150. The Kier molecular flexibility index (Phi) is 8.07. The summed E-state index contributed by atoms with van der Waals surface area (Å²) in [5.41, 5.74) is 0.709. The van der Waals surface area contributed by atoms with Crippen LogP contribution in [-0.2, 0) is 14.3 Å². The SMILES string of the molecule is C=C(C)C(=O)O.C=C(C)C(=O)OC(C1CCCC1)C1CCCC1. The van der Waals surface area contributed by atoms with Gasteiger partial charge in [0.2, 0.25) is 0 Å². The first-order chi connectivity index (χ1) is 10.8. The van der Waals surface area contributed by atoms with Crippen molar-refractivity contribution < 1.29 is 19.4 Å². The average Bonchev–Trinajstić information content (AvgIpc) is 3.18. The van der Waals surface area contributed by atoms with Gasteiger partial charge in [0.15, 0.2) is 0 Å². The highest BCUT2D eigenvalue weighted by molar-refractivity contribution is 5.87. The van der Waals surface area contributed by atoms with Gasteiger partial charge < -0.3 is 9.84 Å². The van der Waals surface area contributed by atoms with Crippen LogP contribution in [0.2, 0.25) is 0 Å². The molecule has 0 saturated heterocycles. The van der Waals surface area contributed by atoms with Crippen LogP contribution in [0.15, 0.2) is 24.3 Å². The van der Waals surface area contributed by atoms with Gasteiger partial charge in [0.1, 0.15) is 6.10 Å². The van der Waals surface area contributed by atoms with Crippen molar-refractivity contribution in [1.82, 2.24) is 0 Å². The number of esters is 1. The number of hydrogen-bond donors (Lipinski definition) is 1. The van der Waals surface area contributed by atoms with E-state index in [1.165, 1.54) is 58.3 Å². The summed E-state index contributed by atoms with van der Waals surface area (Å²) in [6.07, 6.45) is 10.3. The molecule has 0 atom stereocenters. The van der Waals surface area contributed by atoms with Gasteiger partial charge in [-0.05, 0) is 51.4 Å². The molecule has 0 aliphatic heterocycles. The topological polar surface area (TPSA) is 63.6 Å². The van der Waals surface area contributed by atoms with Gasteiger partial charge >= 0.3 is 11.9 Å². The first-order valence-corrected chi connectivity index (χ1v) is 8.58. The second-order valence-electron chi connectivity index (χ2n) is 6.82. The van der Waals surface area contributed by atoms with Crippen LogP contribution >= 0.6 is 0 Å². The molecule has 0 bridgehead atoms. The summed E-state index contributed by atoms with van der Waals surface area (Å²) >= 11 is 0. The molecule has 0 heterocycles. The third-order valence-electron chi connectivity index (χ3n) is 4.69. The normalized spacial score (nSPS) is 18.4. The van der Waals surface area contributed by atoms with Gasteiger partial charge in [-0.3, -0.25) is 0 Å². The smallest absolute Gasteiger partial charge is 0.333 e. The minimum absolute atomic E-state index is 0.171. The number of carbonyl (C=O) groups excluding carboxylic acids is 1. The summed E-state index contributed by atoms with van der Waals surface area (Å²) in [5, 5.41) is 7.89. The second kappa shape index (κ2) is 9.53. The first-order valence-electron chi connectivity index (χ1n) is 8.58. The van der Waals surface area contributed by atoms with Crippen LogP contribution in [0.4, 0.5) is 0 Å². The van der Waals surface area contributed by atoms with Crippen molar-refractivity contribution in [2.75, 3.05) is 0 Å². The van der Waals surface area contributed by atoms with E-state index in [4.69, 9.17) is 9.84 Å². The van der Waals surface area contributed by atoms with Crippen LogP contribution in [0.25, 0.3) is 0 Å². The number of aliphatic carboxylic acids is 1. The molecule has 2 rings (SSSR count). The van der Waals surface area contributed by atoms with Gasteiger partial charge in [-0.15, -0.1) is 0 Å². The lowest BCUT2D eigenvalue weighted by Gasteiger charge is -2.29. The van der Waals surface area contributed by atoms with E-state index < -0.39 is 5.97 Å². The Morgan fingerprint density at radius 3 is 1.52 bits per heavy atom. The van der Waals surface area contributed by atoms with E-state index in [1.807, 2.05) is 0 Å². The van der Waals surface area contributed by atoms with Crippen LogP contribution in [0, 0.1) is 11.8 Å². The van der Waals surface area contributed by atoms with Crippen LogP contribution in [-0.4, -0.2) is 23.1 Å². The van der Waals surface area contributed by atoms with Gasteiger partial charge in [-0.2, -0.15) is 0 Å². The zero-order valence-electron chi connectivity index (χ0n) is 14.5. The monoisotopic (exact) mass is 322 g/mol. The van der Waals surface area contributed by atoms with E-state index in [-0.39, 0.29) is 17.6 Å². The fraction of sp³-hybridized carbons (Fsp3) is 0.684. The number of carboxylic acids is 1. The first kappa shape index (κ1) is 19.5. The Labute approximate surface area is 139 Å². The zero-order chi connectivity index (χ0) is 17.4. The Morgan fingerprint density at radius 1 is 0.913 bits per heavy atom. The molecule has 130 valence electrons. The van der Waals surface area contributed by atoms with Crippen LogP contribution in [0.1, 0.15) is 65.2 Å². The van der Waals surface area contributed by atoms with Crippen LogP contribution in [0.3, 0.4) is 0 Å². The van der Waals surface area contributed by atoms with E-state index in [9.17, 15) is 9.59 Å². The Balaban J connectivity index is 0.000000379. The maximum absolute atomic E-state index is 11.7. The maximum Gasteiger partial charge on any atom is 0.333 e. The van der Waals surface area contributed by atoms with E-state index in [0.29, 0.717) is 17.4 Å². The van der Waals surface area contributed by atoms with Crippen molar-refractivity contribution in [3.8, 4) is 0 Å². The van der Waals surface area contributed by atoms with E-state index >= 15 is 0 Å². The molecule has 0 aromatic heterocycles. The van der Waals surface area contributed by atoms with Crippen LogP contribution in [0.5, 0.6) is 0 Å². The molecule has 0 aromatic rings. The van der Waals surface area contributed by atoms with Gasteiger partial charge in [-0.25, -0.2) is 9.59 Å². The van der Waals surface area contributed by atoms with Gasteiger partial charge in [0, 0.05) is 11.1 Å².